The molecule has 0 aliphatic rings. The highest BCUT2D eigenvalue weighted by atomic mass is 16.0. The van der Waals surface area contributed by atoms with Gasteiger partial charge in [0.25, 0.3) is 0 Å². The lowest BCUT2D eigenvalue weighted by Gasteiger charge is -0.412. The van der Waals surface area contributed by atoms with Gasteiger partial charge in [-0.3, -0.25) is 0 Å². The SMILES string of the molecule is C.N.N.O. The molecule has 8 N–H and O–H groups in total. The fraction of sp³-hybridized carbons (Fsp3) is 1.00. The van der Waals surface area contributed by atoms with Gasteiger partial charge in [0.05, 0.1) is 0 Å². The molecule has 0 bridgehead atoms. The van der Waals surface area contributed by atoms with E-state index in [1.807, 2.05) is 0 Å². The third-order valence-electron chi connectivity index (χ3n) is 0. The van der Waals surface area contributed by atoms with Crippen molar-refractivity contribution in [3.05, 3.63) is 0 Å². The quantitative estimate of drug-likeness (QED) is 0.421. The van der Waals surface area contributed by atoms with E-state index in [1.165, 1.54) is 0 Å². The average Bonchev–Trinajstić information content (AvgIpc) is 0. The summed E-state index contributed by atoms with van der Waals surface area (Å²) in [5.41, 5.74) is 0. The van der Waals surface area contributed by atoms with E-state index in [4.69, 9.17) is 0 Å². The zero-order valence-corrected chi connectivity index (χ0v) is 1.91. The van der Waals surface area contributed by atoms with Crippen LogP contribution in [0.2, 0.25) is 0 Å². The van der Waals surface area contributed by atoms with Crippen molar-refractivity contribution in [3.63, 3.8) is 0 Å². The molecule has 3 heteroatoms. The van der Waals surface area contributed by atoms with Crippen LogP contribution in [0.3, 0.4) is 0 Å². The summed E-state index contributed by atoms with van der Waals surface area (Å²) in [5, 5.41) is 0. The van der Waals surface area contributed by atoms with Crippen LogP contribution in [-0.4, -0.2) is 5.48 Å². The van der Waals surface area contributed by atoms with Gasteiger partial charge in [-0.2, -0.15) is 0 Å². The molecule has 0 spiro atoms. The summed E-state index contributed by atoms with van der Waals surface area (Å²) in [6.45, 7) is 0. The zero-order valence-electron chi connectivity index (χ0n) is 1.91. The Kier molecular flexibility index (Phi) is 395000. The van der Waals surface area contributed by atoms with Crippen LogP contribution in [0.5, 0.6) is 0 Å². The maximum absolute atomic E-state index is 0. The molecular weight excluding hydrogens is 56.0 g/mol. The van der Waals surface area contributed by atoms with Gasteiger partial charge in [-0.15, -0.1) is 0 Å². The monoisotopic (exact) mass is 68.1 g/mol. The highest BCUT2D eigenvalue weighted by Crippen LogP contribution is 0.144. The summed E-state index contributed by atoms with van der Waals surface area (Å²) in [5.74, 6) is 0. The molecule has 0 atom stereocenters. The predicted octanol–water partition coefficient (Wildman–Crippen LogP) is 0.135. The van der Waals surface area contributed by atoms with Crippen LogP contribution in [0.1, 0.15) is 7.43 Å². The van der Waals surface area contributed by atoms with E-state index in [0.29, 0.717) is 0 Å². The van der Waals surface area contributed by atoms with E-state index < -0.39 is 0 Å². The fourth-order valence-electron chi connectivity index (χ4n) is 0. The molecule has 0 aliphatic carbocycles. The average molecular weight is 68.1 g/mol. The van der Waals surface area contributed by atoms with E-state index in [9.17, 15) is 0 Å². The first-order valence-electron chi connectivity index (χ1n) is 0. The molecule has 0 aromatic rings. The van der Waals surface area contributed by atoms with Crippen LogP contribution >= 0.6 is 0 Å². The Balaban J connectivity index is 0. The second-order valence-electron chi connectivity index (χ2n) is 0. The molecular formula is CH12N2O. The second kappa shape index (κ2) is 707. The summed E-state index contributed by atoms with van der Waals surface area (Å²) in [6.07, 6.45) is 0. The standard InChI is InChI=1S/CH4.2H3N.H2O/h1H4;2*1H3;1H2. The first-order valence-corrected chi connectivity index (χ1v) is 0. The summed E-state index contributed by atoms with van der Waals surface area (Å²) in [6, 6.07) is 0. The molecule has 0 heterocycles. The third kappa shape index (κ3) is 101. The van der Waals surface area contributed by atoms with E-state index in [0.717, 1.165) is 0 Å². The van der Waals surface area contributed by atoms with E-state index >= 15 is 0 Å². The van der Waals surface area contributed by atoms with Crippen molar-refractivity contribution in [3.8, 4) is 0 Å². The van der Waals surface area contributed by atoms with Gasteiger partial charge in [0.1, 0.15) is 0 Å². The van der Waals surface area contributed by atoms with Crippen LogP contribution in [-0.2, 0) is 0 Å². The summed E-state index contributed by atoms with van der Waals surface area (Å²) < 4.78 is 0. The van der Waals surface area contributed by atoms with Gasteiger partial charge in [0.2, 0.25) is 0 Å². The third-order valence-corrected chi connectivity index (χ3v) is 0. The highest BCUT2D eigenvalue weighted by molar-refractivity contribution is 2.50. The number of rotatable bonds is 0. The van der Waals surface area contributed by atoms with Crippen molar-refractivity contribution in [2.24, 2.45) is 0 Å². The molecule has 0 aliphatic heterocycles. The van der Waals surface area contributed by atoms with Crippen LogP contribution in [0, 0.1) is 0 Å². The van der Waals surface area contributed by atoms with Gasteiger partial charge >= 0.3 is 0 Å². The van der Waals surface area contributed by atoms with E-state index in [2.05, 4.69) is 0 Å². The van der Waals surface area contributed by atoms with Crippen LogP contribution < -0.4 is 12.3 Å². The molecule has 32 valence electrons. The first kappa shape index (κ1) is 2230. The van der Waals surface area contributed by atoms with Crippen LogP contribution in [0.4, 0.5) is 0 Å². The van der Waals surface area contributed by atoms with Crippen molar-refractivity contribution in [2.45, 2.75) is 7.43 Å². The lowest BCUT2D eigenvalue weighted by Crippen LogP contribution is -0.482. The minimum absolute atomic E-state index is 0. The van der Waals surface area contributed by atoms with Gasteiger partial charge in [0.15, 0.2) is 0 Å². The van der Waals surface area contributed by atoms with Crippen molar-refractivity contribution in [1.82, 2.24) is 12.3 Å². The topological polar surface area (TPSA) is 102 Å². The summed E-state index contributed by atoms with van der Waals surface area (Å²) in [4.78, 5) is 0. The molecule has 4 heavy (non-hydrogen) atoms. The molecule has 3 nitrogen and oxygen atoms in total. The fourth-order valence-corrected chi connectivity index (χ4v) is 0. The molecule has 0 radical (unpaired) electrons. The zero-order chi connectivity index (χ0) is 0. The Hall–Kier alpha value is -0.120. The van der Waals surface area contributed by atoms with Gasteiger partial charge < -0.3 is 17.8 Å². The Bertz CT molecular complexity index is 6.00. The maximum Gasteiger partial charge on any atom is -0.0776 e. The molecule has 0 aromatic heterocycles. The smallest absolute Gasteiger partial charge is 0.0776 e. The number of hydrogen-bond donors (Lipinski definition) is 2. The minimum Gasteiger partial charge on any atom is -0.412 e. The van der Waals surface area contributed by atoms with Gasteiger partial charge in [-0.1, -0.05) is 7.43 Å². The highest BCUT2D eigenvalue weighted by Gasteiger charge is -0.0775. The van der Waals surface area contributed by atoms with Gasteiger partial charge in [-0.05, 0) is 0 Å². The van der Waals surface area contributed by atoms with E-state index in [1.54, 1.807) is 0 Å². The van der Waals surface area contributed by atoms with Gasteiger partial charge in [-0.25, -0.2) is 0 Å². The van der Waals surface area contributed by atoms with Crippen LogP contribution in [0.25, 0.3) is 0 Å². The molecule has 0 aromatic carbocycles. The Labute approximate surface area is 26.5 Å². The normalized spacial score (nSPS) is 0. The number of hydrogen-bond acceptors (Lipinski definition) is 2. The maximum atomic E-state index is 0. The molecule has 0 saturated heterocycles. The molecule has 0 amide bonds. The van der Waals surface area contributed by atoms with Gasteiger partial charge in [0, 0.05) is 0 Å². The summed E-state index contributed by atoms with van der Waals surface area (Å²) in [7, 11) is 0. The largest absolute Gasteiger partial charge is 0.412 e. The first-order chi connectivity index (χ1) is 0. The second-order valence-corrected chi connectivity index (χ2v) is 0. The van der Waals surface area contributed by atoms with E-state index in [-0.39, 0.29) is 25.2 Å². The Morgan fingerprint density at radius 2 is 0.750 bits per heavy atom. The Morgan fingerprint density at radius 3 is 0.750 bits per heavy atom. The van der Waals surface area contributed by atoms with Crippen LogP contribution in [0.15, 0.2) is 0 Å². The molecule has 0 fully saturated rings. The van der Waals surface area contributed by atoms with Crippen molar-refractivity contribution in [2.75, 3.05) is 0 Å². The molecule has 0 saturated carbocycles. The molecule has 0 rings (SSSR count). The lowest BCUT2D eigenvalue weighted by atomic mass is 12.0. The minimum atomic E-state index is 0. The Morgan fingerprint density at radius 1 is 0.750 bits per heavy atom. The molecule has 0 unspecified atom stereocenters. The van der Waals surface area contributed by atoms with Crippen molar-refractivity contribution in [1.29, 1.82) is 0 Å². The van der Waals surface area contributed by atoms with Crippen molar-refractivity contribution < 1.29 is 5.48 Å². The summed E-state index contributed by atoms with van der Waals surface area (Å²) >= 11 is 0. The predicted molar refractivity (Wildman–Crippen MR) is 20.4 cm³/mol. The lowest BCUT2D eigenvalue weighted by molar-refractivity contribution is 0.824. The van der Waals surface area contributed by atoms with Crippen molar-refractivity contribution >= 4 is 0 Å².